The summed E-state index contributed by atoms with van der Waals surface area (Å²) in [5.74, 6) is 0. The minimum Gasteiger partial charge on any atom is -0.367 e. The van der Waals surface area contributed by atoms with E-state index in [1.165, 1.54) is 12.3 Å². The maximum atomic E-state index is 13.1. The maximum absolute atomic E-state index is 13.1. The van der Waals surface area contributed by atoms with E-state index in [0.29, 0.717) is 35.0 Å². The van der Waals surface area contributed by atoms with Crippen molar-refractivity contribution < 1.29 is 22.8 Å². The average molecular weight is 475 g/mol. The number of hydrogen-bond donors (Lipinski definition) is 1. The number of carbonyl (C=O) groups excluding carboxylic acids is 2. The summed E-state index contributed by atoms with van der Waals surface area (Å²) in [7, 11) is 3.80. The van der Waals surface area contributed by atoms with Crippen molar-refractivity contribution in [1.29, 1.82) is 0 Å². The monoisotopic (exact) mass is 475 g/mol. The SMILES string of the molecule is Cc1nn(C)c2ncc(NC(=O)N(C=O)c3cccc(C(F)(F)F)c3)c(N3CCN(C)CC3)c12. The Morgan fingerprint density at radius 3 is 2.53 bits per heavy atom. The molecule has 4 rings (SSSR count). The van der Waals surface area contributed by atoms with Crippen LogP contribution in [0.4, 0.5) is 35.0 Å². The number of pyridine rings is 1. The van der Waals surface area contributed by atoms with Crippen molar-refractivity contribution in [1.82, 2.24) is 19.7 Å². The molecule has 0 spiro atoms. The Morgan fingerprint density at radius 1 is 1.18 bits per heavy atom. The van der Waals surface area contributed by atoms with Crippen molar-refractivity contribution in [2.75, 3.05) is 48.3 Å². The molecule has 1 saturated heterocycles. The van der Waals surface area contributed by atoms with Crippen LogP contribution in [-0.2, 0) is 18.0 Å². The highest BCUT2D eigenvalue weighted by Gasteiger charge is 2.32. The molecular formula is C22H24F3N7O2. The Morgan fingerprint density at radius 2 is 1.88 bits per heavy atom. The number of amides is 3. The molecule has 1 aliphatic heterocycles. The number of aryl methyl sites for hydroxylation is 2. The number of imide groups is 1. The zero-order chi connectivity index (χ0) is 24.6. The molecule has 34 heavy (non-hydrogen) atoms. The molecule has 9 nitrogen and oxygen atoms in total. The van der Waals surface area contributed by atoms with E-state index in [9.17, 15) is 22.8 Å². The van der Waals surface area contributed by atoms with E-state index in [-0.39, 0.29) is 12.1 Å². The largest absolute Gasteiger partial charge is 0.416 e. The second kappa shape index (κ2) is 8.93. The highest BCUT2D eigenvalue weighted by Crippen LogP contribution is 2.36. The first kappa shape index (κ1) is 23.5. The van der Waals surface area contributed by atoms with Crippen molar-refractivity contribution in [2.24, 2.45) is 7.05 Å². The fourth-order valence-electron chi connectivity index (χ4n) is 4.08. The number of likely N-dealkylation sites (N-methyl/N-ethyl adjacent to an activating group) is 1. The summed E-state index contributed by atoms with van der Waals surface area (Å²) < 4.78 is 41.0. The van der Waals surface area contributed by atoms with E-state index in [4.69, 9.17) is 0 Å². The van der Waals surface area contributed by atoms with Gasteiger partial charge in [0.2, 0.25) is 6.41 Å². The third-order valence-corrected chi connectivity index (χ3v) is 5.84. The number of nitrogens with zero attached hydrogens (tertiary/aromatic N) is 6. The number of piperazine rings is 1. The molecule has 1 aliphatic rings. The first-order valence-electron chi connectivity index (χ1n) is 10.6. The Balaban J connectivity index is 1.72. The Bertz CT molecular complexity index is 1230. The normalized spacial score (nSPS) is 14.9. The number of halogens is 3. The fraction of sp³-hybridized carbons (Fsp3) is 0.364. The van der Waals surface area contributed by atoms with Crippen molar-refractivity contribution in [3.63, 3.8) is 0 Å². The van der Waals surface area contributed by atoms with Gasteiger partial charge in [0, 0.05) is 33.2 Å². The van der Waals surface area contributed by atoms with Gasteiger partial charge in [-0.25, -0.2) is 14.7 Å². The van der Waals surface area contributed by atoms with E-state index in [2.05, 4.69) is 25.2 Å². The number of alkyl halides is 3. The minimum atomic E-state index is -4.61. The molecule has 1 N–H and O–H groups in total. The summed E-state index contributed by atoms with van der Waals surface area (Å²) in [5, 5.41) is 7.88. The Kier molecular flexibility index (Phi) is 6.17. The van der Waals surface area contributed by atoms with Crippen LogP contribution >= 0.6 is 0 Å². The summed E-state index contributed by atoms with van der Waals surface area (Å²) in [6.45, 7) is 4.84. The molecule has 0 bridgehead atoms. The Labute approximate surface area is 193 Å². The van der Waals surface area contributed by atoms with E-state index in [1.807, 2.05) is 14.0 Å². The molecule has 1 fully saturated rings. The molecule has 2 aromatic heterocycles. The van der Waals surface area contributed by atoms with Gasteiger partial charge in [0.1, 0.15) is 0 Å². The van der Waals surface area contributed by atoms with Gasteiger partial charge < -0.3 is 15.1 Å². The van der Waals surface area contributed by atoms with Crippen LogP contribution in [-0.4, -0.2) is 65.3 Å². The first-order chi connectivity index (χ1) is 16.1. The van der Waals surface area contributed by atoms with Crippen LogP contribution in [0, 0.1) is 6.92 Å². The van der Waals surface area contributed by atoms with Gasteiger partial charge in [0.15, 0.2) is 5.65 Å². The predicted octanol–water partition coefficient (Wildman–Crippen LogP) is 3.24. The molecule has 0 aliphatic carbocycles. The smallest absolute Gasteiger partial charge is 0.367 e. The van der Waals surface area contributed by atoms with Crippen LogP contribution < -0.4 is 15.1 Å². The molecule has 1 aromatic carbocycles. The zero-order valence-electron chi connectivity index (χ0n) is 18.9. The standard InChI is InChI=1S/C22H24F3N7O2/c1-14-18-19(31-9-7-29(2)8-10-31)17(12-26-20(18)30(3)28-14)27-21(34)32(13-33)16-6-4-5-15(11-16)22(23,24)25/h4-6,11-13H,7-10H2,1-3H3,(H,27,34). The third-order valence-electron chi connectivity index (χ3n) is 5.84. The van der Waals surface area contributed by atoms with Crippen molar-refractivity contribution in [3.05, 3.63) is 41.7 Å². The fourth-order valence-corrected chi connectivity index (χ4v) is 4.08. The van der Waals surface area contributed by atoms with E-state index in [1.54, 1.807) is 11.7 Å². The van der Waals surface area contributed by atoms with Gasteiger partial charge in [0.05, 0.1) is 39.9 Å². The van der Waals surface area contributed by atoms with Gasteiger partial charge in [0.25, 0.3) is 0 Å². The van der Waals surface area contributed by atoms with Crippen LogP contribution in [0.15, 0.2) is 30.5 Å². The molecule has 12 heteroatoms. The van der Waals surface area contributed by atoms with Gasteiger partial charge in [-0.05, 0) is 32.2 Å². The van der Waals surface area contributed by atoms with Gasteiger partial charge in [-0.2, -0.15) is 18.3 Å². The number of benzene rings is 1. The molecule has 0 unspecified atom stereocenters. The lowest BCUT2D eigenvalue weighted by Gasteiger charge is -2.35. The van der Waals surface area contributed by atoms with Gasteiger partial charge in [-0.3, -0.25) is 9.48 Å². The predicted molar refractivity (Wildman–Crippen MR) is 122 cm³/mol. The maximum Gasteiger partial charge on any atom is 0.416 e. The number of rotatable bonds is 4. The van der Waals surface area contributed by atoms with Gasteiger partial charge in [-0.15, -0.1) is 0 Å². The number of carbonyl (C=O) groups is 2. The molecule has 3 heterocycles. The number of hydrogen-bond acceptors (Lipinski definition) is 6. The first-order valence-corrected chi connectivity index (χ1v) is 10.6. The molecule has 3 amide bonds. The number of fused-ring (bicyclic) bond motifs is 1. The lowest BCUT2D eigenvalue weighted by Crippen LogP contribution is -2.45. The molecule has 3 aromatic rings. The van der Waals surface area contributed by atoms with E-state index in [0.717, 1.165) is 42.4 Å². The second-order valence-electron chi connectivity index (χ2n) is 8.17. The van der Waals surface area contributed by atoms with Gasteiger partial charge in [-0.1, -0.05) is 6.07 Å². The summed E-state index contributed by atoms with van der Waals surface area (Å²) >= 11 is 0. The highest BCUT2D eigenvalue weighted by molar-refractivity contribution is 6.14. The molecular weight excluding hydrogens is 451 g/mol. The number of nitrogens with one attached hydrogen (secondary N) is 1. The molecule has 180 valence electrons. The topological polar surface area (TPSA) is 86.6 Å². The lowest BCUT2D eigenvalue weighted by molar-refractivity contribution is -0.137. The highest BCUT2D eigenvalue weighted by atomic mass is 19.4. The molecule has 0 saturated carbocycles. The van der Waals surface area contributed by atoms with Crippen molar-refractivity contribution >= 4 is 40.5 Å². The van der Waals surface area contributed by atoms with E-state index >= 15 is 0 Å². The lowest BCUT2D eigenvalue weighted by atomic mass is 10.1. The average Bonchev–Trinajstić information content (AvgIpc) is 3.08. The van der Waals surface area contributed by atoms with Crippen LogP contribution in [0.3, 0.4) is 0 Å². The zero-order valence-corrected chi connectivity index (χ0v) is 18.9. The summed E-state index contributed by atoms with van der Waals surface area (Å²) in [5.41, 5.74) is 1.26. The quantitative estimate of drug-likeness (QED) is 0.583. The molecule has 0 atom stereocenters. The molecule has 0 radical (unpaired) electrons. The van der Waals surface area contributed by atoms with Crippen LogP contribution in [0.2, 0.25) is 0 Å². The van der Waals surface area contributed by atoms with Crippen molar-refractivity contribution in [3.8, 4) is 0 Å². The Hall–Kier alpha value is -3.67. The van der Waals surface area contributed by atoms with Crippen LogP contribution in [0.1, 0.15) is 11.3 Å². The van der Waals surface area contributed by atoms with Crippen LogP contribution in [0.5, 0.6) is 0 Å². The van der Waals surface area contributed by atoms with Crippen molar-refractivity contribution in [2.45, 2.75) is 13.1 Å². The van der Waals surface area contributed by atoms with Gasteiger partial charge >= 0.3 is 12.2 Å². The van der Waals surface area contributed by atoms with Crippen LogP contribution in [0.25, 0.3) is 11.0 Å². The number of urea groups is 1. The van der Waals surface area contributed by atoms with E-state index < -0.39 is 17.8 Å². The minimum absolute atomic E-state index is 0.182. The number of anilines is 3. The third kappa shape index (κ3) is 4.40. The summed E-state index contributed by atoms with van der Waals surface area (Å²) in [6, 6.07) is 3.13. The number of aromatic nitrogens is 3. The summed E-state index contributed by atoms with van der Waals surface area (Å²) in [6.07, 6.45) is -2.95. The summed E-state index contributed by atoms with van der Waals surface area (Å²) in [4.78, 5) is 34.1. The second-order valence-corrected chi connectivity index (χ2v) is 8.17.